The highest BCUT2D eigenvalue weighted by Gasteiger charge is 2.33. The Morgan fingerprint density at radius 3 is 2.76 bits per heavy atom. The van der Waals surface area contributed by atoms with Crippen LogP contribution < -0.4 is 20.3 Å². The SMILES string of the molecule is CNC(=O)[C@H]1CN(C(=O)CNC(=O)c2cccs2)c2ccccc2O1. The number of rotatable bonds is 4. The van der Waals surface area contributed by atoms with Gasteiger partial charge in [-0.2, -0.15) is 0 Å². The second-order valence-electron chi connectivity index (χ2n) is 5.35. The van der Waals surface area contributed by atoms with E-state index in [9.17, 15) is 14.4 Å². The topological polar surface area (TPSA) is 87.7 Å². The van der Waals surface area contributed by atoms with E-state index in [-0.39, 0.29) is 30.8 Å². The van der Waals surface area contributed by atoms with Crippen molar-refractivity contribution in [1.82, 2.24) is 10.6 Å². The number of benzene rings is 1. The third kappa shape index (κ3) is 3.63. The maximum absolute atomic E-state index is 12.6. The highest BCUT2D eigenvalue weighted by molar-refractivity contribution is 7.12. The number of likely N-dealkylation sites (N-methyl/N-ethyl adjacent to an activating group) is 1. The lowest BCUT2D eigenvalue weighted by Crippen LogP contribution is -2.52. The van der Waals surface area contributed by atoms with Gasteiger partial charge >= 0.3 is 0 Å². The number of para-hydroxylation sites is 2. The second-order valence-corrected chi connectivity index (χ2v) is 6.30. The van der Waals surface area contributed by atoms with Crippen LogP contribution in [0.15, 0.2) is 41.8 Å². The summed E-state index contributed by atoms with van der Waals surface area (Å²) in [5, 5.41) is 6.93. The van der Waals surface area contributed by atoms with Crippen LogP contribution in [0.5, 0.6) is 5.75 Å². The Bertz CT molecular complexity index is 791. The lowest BCUT2D eigenvalue weighted by molar-refractivity contribution is -0.127. The van der Waals surface area contributed by atoms with Crippen molar-refractivity contribution in [3.8, 4) is 5.75 Å². The molecule has 0 radical (unpaired) electrons. The third-order valence-corrected chi connectivity index (χ3v) is 4.63. The van der Waals surface area contributed by atoms with Gasteiger partial charge in [0.1, 0.15) is 5.75 Å². The van der Waals surface area contributed by atoms with Crippen LogP contribution in [0.1, 0.15) is 9.67 Å². The minimum atomic E-state index is -0.795. The summed E-state index contributed by atoms with van der Waals surface area (Å²) in [5.74, 6) is -0.461. The predicted octanol–water partition coefficient (Wildman–Crippen LogP) is 1.02. The summed E-state index contributed by atoms with van der Waals surface area (Å²) >= 11 is 1.30. The molecular weight excluding hydrogens is 342 g/mol. The van der Waals surface area contributed by atoms with Crippen molar-refractivity contribution in [2.24, 2.45) is 0 Å². The molecule has 130 valence electrons. The number of carbonyl (C=O) groups excluding carboxylic acids is 3. The number of hydrogen-bond donors (Lipinski definition) is 2. The van der Waals surface area contributed by atoms with Gasteiger partial charge in [0.05, 0.1) is 23.7 Å². The molecule has 1 aliphatic heterocycles. The minimum absolute atomic E-state index is 0.0877. The van der Waals surface area contributed by atoms with E-state index in [4.69, 9.17) is 4.74 Å². The molecule has 0 aliphatic carbocycles. The van der Waals surface area contributed by atoms with Crippen molar-refractivity contribution in [3.63, 3.8) is 0 Å². The van der Waals surface area contributed by atoms with Gasteiger partial charge < -0.3 is 20.3 Å². The van der Waals surface area contributed by atoms with Gasteiger partial charge in [-0.3, -0.25) is 14.4 Å². The molecular formula is C17H17N3O4S. The van der Waals surface area contributed by atoms with Crippen LogP contribution in [-0.2, 0) is 9.59 Å². The van der Waals surface area contributed by atoms with Crippen LogP contribution in [0.3, 0.4) is 0 Å². The Labute approximate surface area is 148 Å². The molecule has 0 spiro atoms. The maximum Gasteiger partial charge on any atom is 0.262 e. The van der Waals surface area contributed by atoms with Gasteiger partial charge in [-0.1, -0.05) is 18.2 Å². The van der Waals surface area contributed by atoms with E-state index in [1.807, 2.05) is 0 Å². The van der Waals surface area contributed by atoms with Gasteiger partial charge in [-0.15, -0.1) is 11.3 Å². The molecule has 1 aliphatic rings. The largest absolute Gasteiger partial charge is 0.477 e. The number of fused-ring (bicyclic) bond motifs is 1. The Balaban J connectivity index is 1.74. The molecule has 2 heterocycles. The molecule has 0 fully saturated rings. The van der Waals surface area contributed by atoms with E-state index in [1.165, 1.54) is 23.3 Å². The predicted molar refractivity (Wildman–Crippen MR) is 93.9 cm³/mol. The van der Waals surface area contributed by atoms with Crippen molar-refractivity contribution in [3.05, 3.63) is 46.7 Å². The molecule has 0 bridgehead atoms. The molecule has 25 heavy (non-hydrogen) atoms. The van der Waals surface area contributed by atoms with E-state index >= 15 is 0 Å². The van der Waals surface area contributed by atoms with E-state index in [2.05, 4.69) is 10.6 Å². The molecule has 2 N–H and O–H groups in total. The number of anilines is 1. The molecule has 8 heteroatoms. The molecule has 0 saturated carbocycles. The van der Waals surface area contributed by atoms with Crippen LogP contribution >= 0.6 is 11.3 Å². The van der Waals surface area contributed by atoms with Gasteiger partial charge in [0, 0.05) is 7.05 Å². The molecule has 3 rings (SSSR count). The summed E-state index contributed by atoms with van der Waals surface area (Å²) in [6.45, 7) is -0.0735. The molecule has 1 aromatic heterocycles. The van der Waals surface area contributed by atoms with Crippen LogP contribution in [0.25, 0.3) is 0 Å². The van der Waals surface area contributed by atoms with E-state index in [0.717, 1.165) is 0 Å². The molecule has 3 amide bonds. The van der Waals surface area contributed by atoms with Crippen molar-refractivity contribution >= 4 is 34.7 Å². The third-order valence-electron chi connectivity index (χ3n) is 3.76. The van der Waals surface area contributed by atoms with Crippen molar-refractivity contribution < 1.29 is 19.1 Å². The summed E-state index contributed by atoms with van der Waals surface area (Å²) in [5.41, 5.74) is 0.582. The maximum atomic E-state index is 12.6. The average Bonchev–Trinajstić information content (AvgIpc) is 3.19. The number of nitrogens with one attached hydrogen (secondary N) is 2. The smallest absolute Gasteiger partial charge is 0.262 e. The molecule has 1 atom stereocenters. The number of thiophene rings is 1. The zero-order valence-corrected chi connectivity index (χ0v) is 14.3. The number of ether oxygens (including phenoxy) is 1. The zero-order chi connectivity index (χ0) is 17.8. The summed E-state index contributed by atoms with van der Waals surface area (Å²) in [6.07, 6.45) is -0.795. The molecule has 0 saturated heterocycles. The normalized spacial score (nSPS) is 15.7. The highest BCUT2D eigenvalue weighted by Crippen LogP contribution is 2.33. The van der Waals surface area contributed by atoms with Gasteiger partial charge in [0.2, 0.25) is 5.91 Å². The number of nitrogens with zero attached hydrogens (tertiary/aromatic N) is 1. The summed E-state index contributed by atoms with van der Waals surface area (Å²) in [7, 11) is 1.51. The first-order valence-electron chi connectivity index (χ1n) is 7.69. The van der Waals surface area contributed by atoms with Gasteiger partial charge in [0.25, 0.3) is 11.8 Å². The Kier molecular flexibility index (Phi) is 4.99. The van der Waals surface area contributed by atoms with Crippen LogP contribution in [0.4, 0.5) is 5.69 Å². The Morgan fingerprint density at radius 1 is 1.24 bits per heavy atom. The first kappa shape index (κ1) is 17.0. The van der Waals surface area contributed by atoms with Gasteiger partial charge in [-0.05, 0) is 23.6 Å². The first-order valence-corrected chi connectivity index (χ1v) is 8.57. The minimum Gasteiger partial charge on any atom is -0.477 e. The number of amides is 3. The fourth-order valence-corrected chi connectivity index (χ4v) is 3.15. The van der Waals surface area contributed by atoms with Crippen LogP contribution in [-0.4, -0.2) is 44.0 Å². The van der Waals surface area contributed by atoms with Crippen molar-refractivity contribution in [2.45, 2.75) is 6.10 Å². The van der Waals surface area contributed by atoms with Gasteiger partial charge in [0.15, 0.2) is 6.10 Å². The number of hydrogen-bond acceptors (Lipinski definition) is 5. The standard InChI is InChI=1S/C17H17N3O4S/c1-18-16(22)13-10-20(11-5-2-3-6-12(11)24-13)15(21)9-19-17(23)14-7-4-8-25-14/h2-8,13H,9-10H2,1H3,(H,18,22)(H,19,23)/t13-/m1/s1. The average molecular weight is 359 g/mol. The molecule has 0 unspecified atom stereocenters. The quantitative estimate of drug-likeness (QED) is 0.853. The molecule has 7 nitrogen and oxygen atoms in total. The monoisotopic (exact) mass is 359 g/mol. The lowest BCUT2D eigenvalue weighted by atomic mass is 10.1. The highest BCUT2D eigenvalue weighted by atomic mass is 32.1. The van der Waals surface area contributed by atoms with Crippen LogP contribution in [0, 0.1) is 0 Å². The fourth-order valence-electron chi connectivity index (χ4n) is 2.51. The van der Waals surface area contributed by atoms with Gasteiger partial charge in [-0.25, -0.2) is 0 Å². The van der Waals surface area contributed by atoms with E-state index in [0.29, 0.717) is 16.3 Å². The summed E-state index contributed by atoms with van der Waals surface area (Å²) in [4.78, 5) is 38.5. The van der Waals surface area contributed by atoms with Crippen molar-refractivity contribution in [1.29, 1.82) is 0 Å². The zero-order valence-electron chi connectivity index (χ0n) is 13.5. The van der Waals surface area contributed by atoms with Crippen molar-refractivity contribution in [2.75, 3.05) is 25.0 Å². The first-order chi connectivity index (χ1) is 12.1. The Hall–Kier alpha value is -2.87. The summed E-state index contributed by atoms with van der Waals surface area (Å²) in [6, 6.07) is 10.5. The number of carbonyl (C=O) groups is 3. The Morgan fingerprint density at radius 2 is 2.04 bits per heavy atom. The molecule has 2 aromatic rings. The summed E-state index contributed by atoms with van der Waals surface area (Å²) < 4.78 is 5.66. The fraction of sp³-hybridized carbons (Fsp3) is 0.235. The lowest BCUT2D eigenvalue weighted by Gasteiger charge is -2.34. The van der Waals surface area contributed by atoms with E-state index < -0.39 is 6.10 Å². The second kappa shape index (κ2) is 7.35. The molecule has 1 aromatic carbocycles. The van der Waals surface area contributed by atoms with E-state index in [1.54, 1.807) is 41.8 Å². The van der Waals surface area contributed by atoms with Crippen LogP contribution in [0.2, 0.25) is 0 Å².